The third-order valence-electron chi connectivity index (χ3n) is 3.60. The van der Waals surface area contributed by atoms with Crippen LogP contribution >= 0.6 is 0 Å². The summed E-state index contributed by atoms with van der Waals surface area (Å²) in [5, 5.41) is 2.70. The number of amides is 1. The van der Waals surface area contributed by atoms with Crippen LogP contribution in [0.25, 0.3) is 0 Å². The molecule has 0 saturated carbocycles. The first kappa shape index (κ1) is 17.9. The summed E-state index contributed by atoms with van der Waals surface area (Å²) >= 11 is 0. The molecule has 5 heteroatoms. The first-order valence-electron chi connectivity index (χ1n) is 7.88. The van der Waals surface area contributed by atoms with Crippen LogP contribution in [0.15, 0.2) is 42.5 Å². The monoisotopic (exact) mass is 330 g/mol. The minimum Gasteiger partial charge on any atom is -0.492 e. The normalized spacial score (nSPS) is 10.7. The number of nitrogens with one attached hydrogen (secondary N) is 1. The van der Waals surface area contributed by atoms with Crippen molar-refractivity contribution in [2.75, 3.05) is 32.1 Å². The molecule has 0 saturated heterocycles. The van der Waals surface area contributed by atoms with Crippen molar-refractivity contribution in [2.24, 2.45) is 0 Å². The van der Waals surface area contributed by atoms with Crippen molar-refractivity contribution in [2.45, 2.75) is 13.8 Å². The minimum absolute atomic E-state index is 0.184. The highest BCUT2D eigenvalue weighted by Crippen LogP contribution is 2.14. The van der Waals surface area contributed by atoms with Crippen LogP contribution in [0, 0.1) is 19.7 Å². The lowest BCUT2D eigenvalue weighted by molar-refractivity contribution is -0.117. The average molecular weight is 330 g/mol. The SMILES string of the molecule is Cc1cccc(OCCN(C)CC(=O)Nc2ccc(C)c(F)c2)c1. The summed E-state index contributed by atoms with van der Waals surface area (Å²) in [5.74, 6) is 0.312. The summed E-state index contributed by atoms with van der Waals surface area (Å²) < 4.78 is 19.1. The number of nitrogens with zero attached hydrogens (tertiary/aromatic N) is 1. The van der Waals surface area contributed by atoms with Crippen LogP contribution in [0.5, 0.6) is 5.75 Å². The van der Waals surface area contributed by atoms with Gasteiger partial charge in [-0.1, -0.05) is 18.2 Å². The molecule has 0 atom stereocenters. The Bertz CT molecular complexity index is 704. The van der Waals surface area contributed by atoms with E-state index >= 15 is 0 Å². The molecule has 1 N–H and O–H groups in total. The van der Waals surface area contributed by atoms with Gasteiger partial charge in [0.2, 0.25) is 5.91 Å². The molecule has 2 rings (SSSR count). The van der Waals surface area contributed by atoms with E-state index in [-0.39, 0.29) is 18.3 Å². The Morgan fingerprint density at radius 1 is 1.21 bits per heavy atom. The van der Waals surface area contributed by atoms with Crippen LogP contribution in [-0.4, -0.2) is 37.6 Å². The van der Waals surface area contributed by atoms with E-state index in [1.807, 2.05) is 43.1 Å². The Morgan fingerprint density at radius 2 is 2.00 bits per heavy atom. The predicted octanol–water partition coefficient (Wildman–Crippen LogP) is 3.39. The Hall–Kier alpha value is -2.40. The lowest BCUT2D eigenvalue weighted by Gasteiger charge is -2.17. The average Bonchev–Trinajstić information content (AvgIpc) is 2.51. The number of halogens is 1. The zero-order chi connectivity index (χ0) is 17.5. The summed E-state index contributed by atoms with van der Waals surface area (Å²) in [7, 11) is 1.84. The summed E-state index contributed by atoms with van der Waals surface area (Å²) in [4.78, 5) is 13.8. The molecule has 0 aromatic heterocycles. The highest BCUT2D eigenvalue weighted by atomic mass is 19.1. The maximum Gasteiger partial charge on any atom is 0.238 e. The van der Waals surface area contributed by atoms with Crippen molar-refractivity contribution in [1.29, 1.82) is 0 Å². The molecule has 0 bridgehead atoms. The first-order valence-corrected chi connectivity index (χ1v) is 7.88. The number of ether oxygens (including phenoxy) is 1. The molecule has 128 valence electrons. The number of benzene rings is 2. The summed E-state index contributed by atoms with van der Waals surface area (Å²) in [6.07, 6.45) is 0. The highest BCUT2D eigenvalue weighted by molar-refractivity contribution is 5.92. The van der Waals surface area contributed by atoms with Crippen molar-refractivity contribution in [1.82, 2.24) is 4.90 Å². The summed E-state index contributed by atoms with van der Waals surface area (Å²) in [5.41, 5.74) is 2.16. The van der Waals surface area contributed by atoms with Gasteiger partial charge in [0.05, 0.1) is 6.54 Å². The Labute approximate surface area is 142 Å². The van der Waals surface area contributed by atoms with E-state index < -0.39 is 0 Å². The van der Waals surface area contributed by atoms with Crippen molar-refractivity contribution >= 4 is 11.6 Å². The zero-order valence-corrected chi connectivity index (χ0v) is 14.3. The maximum absolute atomic E-state index is 13.5. The molecule has 0 spiro atoms. The van der Waals surface area contributed by atoms with E-state index in [2.05, 4.69) is 5.32 Å². The molecule has 0 heterocycles. The highest BCUT2D eigenvalue weighted by Gasteiger charge is 2.08. The van der Waals surface area contributed by atoms with Gasteiger partial charge in [0.25, 0.3) is 0 Å². The van der Waals surface area contributed by atoms with Crippen molar-refractivity contribution in [3.63, 3.8) is 0 Å². The molecular weight excluding hydrogens is 307 g/mol. The van der Waals surface area contributed by atoms with Crippen molar-refractivity contribution in [3.05, 3.63) is 59.4 Å². The van der Waals surface area contributed by atoms with Gasteiger partial charge in [-0.15, -0.1) is 0 Å². The zero-order valence-electron chi connectivity index (χ0n) is 14.3. The molecule has 0 aliphatic carbocycles. The molecule has 2 aromatic rings. The molecule has 4 nitrogen and oxygen atoms in total. The summed E-state index contributed by atoms with van der Waals surface area (Å²) in [6, 6.07) is 12.5. The Morgan fingerprint density at radius 3 is 2.71 bits per heavy atom. The maximum atomic E-state index is 13.5. The molecule has 24 heavy (non-hydrogen) atoms. The second-order valence-electron chi connectivity index (χ2n) is 5.91. The smallest absolute Gasteiger partial charge is 0.238 e. The van der Waals surface area contributed by atoms with Gasteiger partial charge in [0.1, 0.15) is 18.2 Å². The Kier molecular flexibility index (Phi) is 6.32. The van der Waals surface area contributed by atoms with Gasteiger partial charge in [-0.2, -0.15) is 0 Å². The number of hydrogen-bond acceptors (Lipinski definition) is 3. The molecule has 1 amide bonds. The fourth-order valence-electron chi connectivity index (χ4n) is 2.22. The van der Waals surface area contributed by atoms with Crippen LogP contribution in [0.4, 0.5) is 10.1 Å². The van der Waals surface area contributed by atoms with E-state index in [0.29, 0.717) is 24.4 Å². The standard InChI is InChI=1S/C19H23FN2O2/c1-14-5-4-6-17(11-14)24-10-9-22(3)13-19(23)21-16-8-7-15(2)18(20)12-16/h4-8,11-12H,9-10,13H2,1-3H3,(H,21,23). The van der Waals surface area contributed by atoms with Gasteiger partial charge in [-0.05, 0) is 56.3 Å². The number of aryl methyl sites for hydroxylation is 2. The fourth-order valence-corrected chi connectivity index (χ4v) is 2.22. The molecule has 0 aliphatic rings. The molecular formula is C19H23FN2O2. The molecule has 0 unspecified atom stereocenters. The van der Waals surface area contributed by atoms with Gasteiger partial charge < -0.3 is 10.1 Å². The first-order chi connectivity index (χ1) is 11.4. The van der Waals surface area contributed by atoms with Crippen LogP contribution in [0.1, 0.15) is 11.1 Å². The molecule has 0 radical (unpaired) electrons. The lowest BCUT2D eigenvalue weighted by Crippen LogP contribution is -2.33. The van der Waals surface area contributed by atoms with Gasteiger partial charge in [0.15, 0.2) is 0 Å². The predicted molar refractivity (Wildman–Crippen MR) is 93.9 cm³/mol. The van der Waals surface area contributed by atoms with Crippen LogP contribution in [0.3, 0.4) is 0 Å². The molecule has 0 aliphatic heterocycles. The van der Waals surface area contributed by atoms with Gasteiger partial charge in [-0.3, -0.25) is 9.69 Å². The van der Waals surface area contributed by atoms with E-state index in [1.54, 1.807) is 19.1 Å². The number of likely N-dealkylation sites (N-methyl/N-ethyl adjacent to an activating group) is 1. The van der Waals surface area contributed by atoms with E-state index in [0.717, 1.165) is 11.3 Å². The third kappa shape index (κ3) is 5.66. The number of hydrogen-bond donors (Lipinski definition) is 1. The van der Waals surface area contributed by atoms with Crippen molar-refractivity contribution < 1.29 is 13.9 Å². The Balaban J connectivity index is 1.74. The van der Waals surface area contributed by atoms with Crippen LogP contribution in [-0.2, 0) is 4.79 Å². The minimum atomic E-state index is -0.326. The number of rotatable bonds is 7. The van der Waals surface area contributed by atoms with Crippen molar-refractivity contribution in [3.8, 4) is 5.75 Å². The second kappa shape index (κ2) is 8.45. The van der Waals surface area contributed by atoms with Gasteiger partial charge >= 0.3 is 0 Å². The lowest BCUT2D eigenvalue weighted by atomic mass is 10.2. The van der Waals surface area contributed by atoms with Crippen LogP contribution in [0.2, 0.25) is 0 Å². The fraction of sp³-hybridized carbons (Fsp3) is 0.316. The topological polar surface area (TPSA) is 41.6 Å². The largest absolute Gasteiger partial charge is 0.492 e. The van der Waals surface area contributed by atoms with Gasteiger partial charge in [-0.25, -0.2) is 4.39 Å². The number of carbonyl (C=O) groups excluding carboxylic acids is 1. The van der Waals surface area contributed by atoms with E-state index in [4.69, 9.17) is 4.74 Å². The number of anilines is 1. The van der Waals surface area contributed by atoms with E-state index in [9.17, 15) is 9.18 Å². The quantitative estimate of drug-likeness (QED) is 0.846. The second-order valence-corrected chi connectivity index (χ2v) is 5.91. The van der Waals surface area contributed by atoms with E-state index in [1.165, 1.54) is 6.07 Å². The van der Waals surface area contributed by atoms with Gasteiger partial charge in [0, 0.05) is 12.2 Å². The van der Waals surface area contributed by atoms with Crippen LogP contribution < -0.4 is 10.1 Å². The third-order valence-corrected chi connectivity index (χ3v) is 3.60. The molecule has 0 fully saturated rings. The molecule has 2 aromatic carbocycles. The summed E-state index contributed by atoms with van der Waals surface area (Å²) in [6.45, 7) is 5.02. The number of carbonyl (C=O) groups is 1.